The van der Waals surface area contributed by atoms with Gasteiger partial charge in [-0.3, -0.25) is 0 Å². The first kappa shape index (κ1) is 21.4. The summed E-state index contributed by atoms with van der Waals surface area (Å²) in [4.78, 5) is 10.9. The topological polar surface area (TPSA) is 78.8 Å². The van der Waals surface area contributed by atoms with Crippen LogP contribution in [0, 0.1) is 0 Å². The Morgan fingerprint density at radius 1 is 1.22 bits per heavy atom. The number of rotatable bonds is 7. The standard InChI is InChI=1S/C20H22ClNO4.ClH/c21-15-6-3-5-14(10-15)17(23)11-22-20-16-7-2-1-4-13(16)8-9-18(20)26-12-19(24)25;/h3,5-6,8-10,17,22-23H,1-2,4,7,11-12H2,(H,24,25);1H. The van der Waals surface area contributed by atoms with Crippen LogP contribution in [0.3, 0.4) is 0 Å². The predicted octanol–water partition coefficient (Wildman–Crippen LogP) is 4.25. The van der Waals surface area contributed by atoms with Crippen molar-refractivity contribution in [3.63, 3.8) is 0 Å². The summed E-state index contributed by atoms with van der Waals surface area (Å²) in [5, 5.41) is 23.2. The number of fused-ring (bicyclic) bond motifs is 1. The molecule has 1 unspecified atom stereocenters. The third-order valence-corrected chi connectivity index (χ3v) is 4.79. The molecule has 0 spiro atoms. The van der Waals surface area contributed by atoms with Gasteiger partial charge in [-0.2, -0.15) is 0 Å². The van der Waals surface area contributed by atoms with Gasteiger partial charge < -0.3 is 20.3 Å². The van der Waals surface area contributed by atoms with Gasteiger partial charge in [0.1, 0.15) is 5.75 Å². The number of benzene rings is 2. The predicted molar refractivity (Wildman–Crippen MR) is 108 cm³/mol. The Morgan fingerprint density at radius 2 is 2.00 bits per heavy atom. The second-order valence-electron chi connectivity index (χ2n) is 6.42. The van der Waals surface area contributed by atoms with Crippen LogP contribution in [-0.4, -0.2) is 29.3 Å². The maximum Gasteiger partial charge on any atom is 0.341 e. The van der Waals surface area contributed by atoms with Crippen LogP contribution >= 0.6 is 24.0 Å². The number of aryl methyl sites for hydroxylation is 1. The summed E-state index contributed by atoms with van der Waals surface area (Å²) in [7, 11) is 0. The molecule has 0 aliphatic heterocycles. The van der Waals surface area contributed by atoms with Gasteiger partial charge in [-0.25, -0.2) is 4.79 Å². The molecule has 0 radical (unpaired) electrons. The number of ether oxygens (including phenoxy) is 1. The Balaban J connectivity index is 0.00000261. The molecule has 7 heteroatoms. The molecule has 0 amide bonds. The molecule has 1 aliphatic rings. The van der Waals surface area contributed by atoms with Gasteiger partial charge in [0.05, 0.1) is 11.8 Å². The molecule has 0 heterocycles. The summed E-state index contributed by atoms with van der Waals surface area (Å²) >= 11 is 5.99. The minimum Gasteiger partial charge on any atom is -0.480 e. The Bertz CT molecular complexity index is 798. The van der Waals surface area contributed by atoms with Crippen LogP contribution in [0.25, 0.3) is 0 Å². The van der Waals surface area contributed by atoms with E-state index >= 15 is 0 Å². The van der Waals surface area contributed by atoms with Crippen molar-refractivity contribution in [2.45, 2.75) is 31.8 Å². The van der Waals surface area contributed by atoms with E-state index < -0.39 is 18.7 Å². The van der Waals surface area contributed by atoms with Gasteiger partial charge in [-0.15, -0.1) is 12.4 Å². The van der Waals surface area contributed by atoms with Crippen LogP contribution in [0.1, 0.15) is 35.6 Å². The maximum atomic E-state index is 10.9. The molecule has 27 heavy (non-hydrogen) atoms. The molecule has 1 atom stereocenters. The molecule has 0 saturated carbocycles. The molecule has 5 nitrogen and oxygen atoms in total. The molecule has 0 fully saturated rings. The van der Waals surface area contributed by atoms with E-state index in [4.69, 9.17) is 21.4 Å². The van der Waals surface area contributed by atoms with Crippen LogP contribution in [0.5, 0.6) is 5.75 Å². The molecular weight excluding hydrogens is 389 g/mol. The average molecular weight is 412 g/mol. The van der Waals surface area contributed by atoms with Crippen LogP contribution in [0.4, 0.5) is 5.69 Å². The molecule has 2 aromatic rings. The minimum absolute atomic E-state index is 0. The fraction of sp³-hybridized carbons (Fsp3) is 0.350. The number of anilines is 1. The van der Waals surface area contributed by atoms with Crippen LogP contribution in [-0.2, 0) is 17.6 Å². The summed E-state index contributed by atoms with van der Waals surface area (Å²) in [6.07, 6.45) is 3.41. The van der Waals surface area contributed by atoms with Crippen LogP contribution in [0.15, 0.2) is 36.4 Å². The van der Waals surface area contributed by atoms with E-state index in [0.29, 0.717) is 10.8 Å². The van der Waals surface area contributed by atoms with E-state index in [1.807, 2.05) is 12.1 Å². The van der Waals surface area contributed by atoms with Gasteiger partial charge in [0, 0.05) is 11.6 Å². The highest BCUT2D eigenvalue weighted by Gasteiger charge is 2.19. The highest BCUT2D eigenvalue weighted by molar-refractivity contribution is 6.30. The highest BCUT2D eigenvalue weighted by Crippen LogP contribution is 2.36. The number of carboxylic acid groups (broad SMARTS) is 1. The zero-order valence-corrected chi connectivity index (χ0v) is 16.4. The minimum atomic E-state index is -1.02. The second-order valence-corrected chi connectivity index (χ2v) is 6.85. The lowest BCUT2D eigenvalue weighted by molar-refractivity contribution is -0.139. The summed E-state index contributed by atoms with van der Waals surface area (Å²) in [6, 6.07) is 10.9. The summed E-state index contributed by atoms with van der Waals surface area (Å²) in [5.74, 6) is -0.515. The van der Waals surface area contributed by atoms with E-state index in [1.54, 1.807) is 24.3 Å². The fourth-order valence-electron chi connectivity index (χ4n) is 3.29. The maximum absolute atomic E-state index is 10.9. The third-order valence-electron chi connectivity index (χ3n) is 4.55. The molecular formula is C20H23Cl2NO4. The number of aliphatic hydroxyl groups excluding tert-OH is 1. The van der Waals surface area contributed by atoms with Crippen molar-refractivity contribution in [1.29, 1.82) is 0 Å². The lowest BCUT2D eigenvalue weighted by Crippen LogP contribution is -2.17. The van der Waals surface area contributed by atoms with E-state index in [-0.39, 0.29) is 19.0 Å². The highest BCUT2D eigenvalue weighted by atomic mass is 35.5. The number of hydrogen-bond donors (Lipinski definition) is 3. The zero-order valence-electron chi connectivity index (χ0n) is 14.8. The number of aliphatic carboxylic acids is 1. The second kappa shape index (κ2) is 9.83. The molecule has 0 aromatic heterocycles. The van der Waals surface area contributed by atoms with Gasteiger partial charge in [-0.05, 0) is 60.6 Å². The number of carboxylic acids is 1. The van der Waals surface area contributed by atoms with Crippen molar-refractivity contribution < 1.29 is 19.7 Å². The van der Waals surface area contributed by atoms with Gasteiger partial charge in [0.25, 0.3) is 0 Å². The lowest BCUT2D eigenvalue weighted by Gasteiger charge is -2.24. The number of halogens is 2. The van der Waals surface area contributed by atoms with Crippen molar-refractivity contribution in [3.8, 4) is 5.75 Å². The average Bonchev–Trinajstić information content (AvgIpc) is 2.64. The van der Waals surface area contributed by atoms with Crippen LogP contribution in [0.2, 0.25) is 5.02 Å². The molecule has 1 aliphatic carbocycles. The molecule has 3 rings (SSSR count). The smallest absolute Gasteiger partial charge is 0.341 e. The van der Waals surface area contributed by atoms with E-state index in [1.165, 1.54) is 5.56 Å². The Morgan fingerprint density at radius 3 is 2.74 bits per heavy atom. The largest absolute Gasteiger partial charge is 0.480 e. The molecule has 3 N–H and O–H groups in total. The number of aliphatic hydroxyl groups is 1. The van der Waals surface area contributed by atoms with E-state index in [2.05, 4.69) is 5.32 Å². The zero-order chi connectivity index (χ0) is 18.5. The Hall–Kier alpha value is -1.95. The monoisotopic (exact) mass is 411 g/mol. The number of hydrogen-bond acceptors (Lipinski definition) is 4. The quantitative estimate of drug-likeness (QED) is 0.634. The number of nitrogens with one attached hydrogen (secondary N) is 1. The van der Waals surface area contributed by atoms with Gasteiger partial charge in [0.15, 0.2) is 6.61 Å². The molecule has 2 aromatic carbocycles. The van der Waals surface area contributed by atoms with E-state index in [0.717, 1.165) is 42.5 Å². The first-order valence-corrected chi connectivity index (χ1v) is 9.09. The SMILES string of the molecule is Cl.O=C(O)COc1ccc2c(c1NCC(O)c1cccc(Cl)c1)CCCC2. The van der Waals surface area contributed by atoms with Crippen molar-refractivity contribution in [2.75, 3.05) is 18.5 Å². The summed E-state index contributed by atoms with van der Waals surface area (Å²) < 4.78 is 5.46. The van der Waals surface area contributed by atoms with Crippen molar-refractivity contribution >= 4 is 35.7 Å². The van der Waals surface area contributed by atoms with Gasteiger partial charge in [0.2, 0.25) is 0 Å². The molecule has 0 saturated heterocycles. The fourth-order valence-corrected chi connectivity index (χ4v) is 3.49. The first-order valence-electron chi connectivity index (χ1n) is 8.71. The first-order chi connectivity index (χ1) is 12.5. The molecule has 146 valence electrons. The Labute approximate surface area is 169 Å². The van der Waals surface area contributed by atoms with Crippen molar-refractivity contribution in [3.05, 3.63) is 58.1 Å². The summed E-state index contributed by atoms with van der Waals surface area (Å²) in [6.45, 7) is -0.120. The van der Waals surface area contributed by atoms with Crippen molar-refractivity contribution in [1.82, 2.24) is 0 Å². The normalized spacial score (nSPS) is 13.9. The van der Waals surface area contributed by atoms with E-state index in [9.17, 15) is 9.90 Å². The summed E-state index contributed by atoms with van der Waals surface area (Å²) in [5.41, 5.74) is 3.91. The third kappa shape index (κ3) is 5.51. The molecule has 0 bridgehead atoms. The Kier molecular flexibility index (Phi) is 7.78. The van der Waals surface area contributed by atoms with Crippen LogP contribution < -0.4 is 10.1 Å². The van der Waals surface area contributed by atoms with Gasteiger partial charge in [-0.1, -0.05) is 29.8 Å². The van der Waals surface area contributed by atoms with Crippen molar-refractivity contribution in [2.24, 2.45) is 0 Å². The van der Waals surface area contributed by atoms with Gasteiger partial charge >= 0.3 is 5.97 Å². The lowest BCUT2D eigenvalue weighted by atomic mass is 9.90. The number of carbonyl (C=O) groups is 1.